The molecule has 1 nitrogen and oxygen atoms in total. The van der Waals surface area contributed by atoms with Crippen LogP contribution >= 0.6 is 11.8 Å². The van der Waals surface area contributed by atoms with E-state index in [1.807, 2.05) is 0 Å². The molecule has 0 spiro atoms. The lowest BCUT2D eigenvalue weighted by atomic mass is 10.0. The Labute approximate surface area is 260 Å². The number of unbranched alkanes of at least 4 members (excludes halogenated alkanes) is 29. The first-order chi connectivity index (χ1) is 19.7. The van der Waals surface area contributed by atoms with Crippen molar-refractivity contribution in [2.75, 3.05) is 13.1 Å². The molecule has 0 saturated carbocycles. The van der Waals surface area contributed by atoms with Gasteiger partial charge in [-0.1, -0.05) is 213 Å². The fourth-order valence-corrected chi connectivity index (χ4v) is 6.32. The number of hydrogen-bond acceptors (Lipinski definition) is 1. The summed E-state index contributed by atoms with van der Waals surface area (Å²) in [7, 11) is 0. The van der Waals surface area contributed by atoms with E-state index in [0.29, 0.717) is 0 Å². The van der Waals surface area contributed by atoms with Crippen molar-refractivity contribution in [3.05, 3.63) is 0 Å². The highest BCUT2D eigenvalue weighted by Crippen LogP contribution is 2.16. The van der Waals surface area contributed by atoms with Crippen LogP contribution in [-0.2, 0) is 0 Å². The van der Waals surface area contributed by atoms with Crippen molar-refractivity contribution >= 4 is 11.8 Å². The minimum Gasteiger partial charge on any atom is -0.220 e. The fraction of sp³-hybridized carbons (Fsp3) is 1.00. The molecule has 0 N–H and O–H groups in total. The van der Waals surface area contributed by atoms with E-state index in [-0.39, 0.29) is 0 Å². The third-order valence-corrected chi connectivity index (χ3v) is 9.27. The average molecular weight is 585 g/mol. The van der Waals surface area contributed by atoms with Gasteiger partial charge in [0.05, 0.1) is 0 Å². The maximum absolute atomic E-state index is 6.46. The zero-order valence-corrected chi connectivity index (χ0v) is 29.2. The van der Waals surface area contributed by atoms with Crippen molar-refractivity contribution in [1.82, 2.24) is 4.42 Å². The van der Waals surface area contributed by atoms with Crippen LogP contribution in [-0.4, -0.2) is 17.5 Å². The quantitative estimate of drug-likeness (QED) is 0.0529. The molecule has 0 unspecified atom stereocenters. The van der Waals surface area contributed by atoms with Gasteiger partial charge >= 0.3 is 0 Å². The Morgan fingerprint density at radius 2 is 0.575 bits per heavy atom. The monoisotopic (exact) mass is 584 g/mol. The summed E-state index contributed by atoms with van der Waals surface area (Å²) in [6.45, 7) is 9.15. The predicted octanol–water partition coefficient (Wildman–Crippen LogP) is 14.6. The van der Waals surface area contributed by atoms with Crippen molar-refractivity contribution in [3.63, 3.8) is 0 Å². The molecule has 0 aliphatic carbocycles. The van der Waals surface area contributed by atoms with Crippen molar-refractivity contribution in [1.29, 1.82) is 0 Å². The Kier molecular flexibility index (Phi) is 35.7. The molecule has 0 atom stereocenters. The number of nitrogens with zero attached hydrogens (tertiary/aromatic N) is 1. The van der Waals surface area contributed by atoms with E-state index in [4.69, 9.17) is 11.8 Å². The second-order valence-corrected chi connectivity index (χ2v) is 14.2. The Morgan fingerprint density at radius 1 is 0.350 bits per heavy atom. The minimum absolute atomic E-state index is 0.888. The summed E-state index contributed by atoms with van der Waals surface area (Å²) < 4.78 is 2.06. The van der Waals surface area contributed by atoms with E-state index in [0.717, 1.165) is 19.0 Å². The summed E-state index contributed by atoms with van der Waals surface area (Å²) in [5, 5.41) is 0. The van der Waals surface area contributed by atoms with E-state index < -0.39 is 0 Å². The van der Waals surface area contributed by atoms with Crippen LogP contribution in [0.5, 0.6) is 0 Å². The van der Waals surface area contributed by atoms with E-state index in [1.54, 1.807) is 0 Å². The van der Waals surface area contributed by atoms with E-state index in [9.17, 15) is 0 Å². The second-order valence-electron chi connectivity index (χ2n) is 13.7. The van der Waals surface area contributed by atoms with Gasteiger partial charge in [0.2, 0.25) is 0 Å². The molecule has 0 aromatic rings. The highest BCUT2D eigenvalue weighted by molar-refractivity contribution is 6.13. The SMILES string of the molecule is CCCCCCCCCCCCCCCCCCN(Cl)CCCCCCCCCCCCCCCCCC(C)C. The van der Waals surface area contributed by atoms with Crippen LogP contribution < -0.4 is 0 Å². The first-order valence-corrected chi connectivity index (χ1v) is 19.4. The van der Waals surface area contributed by atoms with E-state index in [2.05, 4.69) is 25.2 Å². The molecular weight excluding hydrogens is 506 g/mol. The van der Waals surface area contributed by atoms with Gasteiger partial charge < -0.3 is 0 Å². The van der Waals surface area contributed by atoms with Crippen molar-refractivity contribution < 1.29 is 0 Å². The zero-order chi connectivity index (χ0) is 29.2. The number of hydrogen-bond donors (Lipinski definition) is 0. The molecule has 0 aliphatic rings. The van der Waals surface area contributed by atoms with Gasteiger partial charge in [0.1, 0.15) is 0 Å². The van der Waals surface area contributed by atoms with Gasteiger partial charge in [-0.05, 0) is 30.5 Å². The summed E-state index contributed by atoms with van der Waals surface area (Å²) in [6.07, 6.45) is 45.9. The molecule has 0 heterocycles. The third kappa shape index (κ3) is 36.3. The first kappa shape index (κ1) is 40.2. The number of halogens is 1. The summed E-state index contributed by atoms with van der Waals surface area (Å²) >= 11 is 6.46. The lowest BCUT2D eigenvalue weighted by molar-refractivity contribution is 0.411. The smallest absolute Gasteiger partial charge is 0.0139 e. The maximum Gasteiger partial charge on any atom is 0.0139 e. The highest BCUT2D eigenvalue weighted by atomic mass is 35.5. The van der Waals surface area contributed by atoms with Crippen LogP contribution in [0.2, 0.25) is 0 Å². The molecule has 0 rings (SSSR count). The normalized spacial score (nSPS) is 11.8. The molecule has 0 bridgehead atoms. The lowest BCUT2D eigenvalue weighted by Crippen LogP contribution is -2.15. The highest BCUT2D eigenvalue weighted by Gasteiger charge is 2.01. The van der Waals surface area contributed by atoms with Gasteiger partial charge in [-0.3, -0.25) is 0 Å². The standard InChI is InChI=1S/C38H78ClN/c1-4-5-6-7-8-9-10-11-12-15-18-21-24-27-30-33-36-40(39)37-34-31-28-25-22-19-16-13-14-17-20-23-26-29-32-35-38(2)3/h38H,4-37H2,1-3H3. The maximum atomic E-state index is 6.46. The molecule has 2 heteroatoms. The van der Waals surface area contributed by atoms with Gasteiger partial charge in [0.15, 0.2) is 0 Å². The van der Waals surface area contributed by atoms with Crippen molar-refractivity contribution in [2.45, 2.75) is 226 Å². The largest absolute Gasteiger partial charge is 0.220 e. The molecule has 0 aromatic heterocycles. The number of rotatable bonds is 35. The molecule has 0 fully saturated rings. The first-order valence-electron chi connectivity index (χ1n) is 19.1. The van der Waals surface area contributed by atoms with E-state index >= 15 is 0 Å². The molecule has 0 saturated heterocycles. The molecule has 40 heavy (non-hydrogen) atoms. The fourth-order valence-electron chi connectivity index (χ4n) is 6.08. The average Bonchev–Trinajstić information content (AvgIpc) is 2.94. The minimum atomic E-state index is 0.888. The molecule has 0 amide bonds. The third-order valence-electron chi connectivity index (χ3n) is 8.94. The summed E-state index contributed by atoms with van der Waals surface area (Å²) in [5.74, 6) is 0.888. The topological polar surface area (TPSA) is 3.24 Å². The molecular formula is C38H78ClN. The summed E-state index contributed by atoms with van der Waals surface area (Å²) in [6, 6.07) is 0. The molecule has 0 aliphatic heterocycles. The van der Waals surface area contributed by atoms with Crippen LogP contribution in [0.1, 0.15) is 226 Å². The Bertz CT molecular complexity index is 437. The van der Waals surface area contributed by atoms with E-state index in [1.165, 1.54) is 205 Å². The summed E-state index contributed by atoms with van der Waals surface area (Å²) in [5.41, 5.74) is 0. The van der Waals surface area contributed by atoms with Crippen molar-refractivity contribution in [2.24, 2.45) is 5.92 Å². The van der Waals surface area contributed by atoms with Crippen LogP contribution in [0.15, 0.2) is 0 Å². The zero-order valence-electron chi connectivity index (χ0n) is 28.4. The molecule has 242 valence electrons. The Balaban J connectivity index is 3.14. The van der Waals surface area contributed by atoms with Crippen LogP contribution in [0.3, 0.4) is 0 Å². The summed E-state index contributed by atoms with van der Waals surface area (Å²) in [4.78, 5) is 0. The van der Waals surface area contributed by atoms with Gasteiger partial charge in [0, 0.05) is 13.1 Å². The van der Waals surface area contributed by atoms with Crippen LogP contribution in [0.4, 0.5) is 0 Å². The van der Waals surface area contributed by atoms with Gasteiger partial charge in [-0.2, -0.15) is 0 Å². The van der Waals surface area contributed by atoms with Crippen molar-refractivity contribution in [3.8, 4) is 0 Å². The predicted molar refractivity (Wildman–Crippen MR) is 186 cm³/mol. The molecule has 0 aromatic carbocycles. The van der Waals surface area contributed by atoms with Gasteiger partial charge in [0.25, 0.3) is 0 Å². The van der Waals surface area contributed by atoms with Gasteiger partial charge in [-0.25, -0.2) is 4.42 Å². The van der Waals surface area contributed by atoms with Crippen LogP contribution in [0, 0.1) is 5.92 Å². The Hall–Kier alpha value is 0.250. The Morgan fingerprint density at radius 3 is 0.825 bits per heavy atom. The lowest BCUT2D eigenvalue weighted by Gasteiger charge is -2.13. The van der Waals surface area contributed by atoms with Crippen LogP contribution in [0.25, 0.3) is 0 Å². The van der Waals surface area contributed by atoms with Gasteiger partial charge in [-0.15, -0.1) is 0 Å². The molecule has 0 radical (unpaired) electrons. The second kappa shape index (κ2) is 35.4.